The molecule has 0 aliphatic heterocycles. The highest BCUT2D eigenvalue weighted by atomic mass is 19.1. The number of rotatable bonds is 6. The minimum Gasteiger partial charge on any atom is -0.251 e. The largest absolute Gasteiger partial charge is 0.251 e. The Morgan fingerprint density at radius 2 is 0.895 bits per heavy atom. The van der Waals surface area contributed by atoms with Crippen molar-refractivity contribution in [3.8, 4) is 22.5 Å². The summed E-state index contributed by atoms with van der Waals surface area (Å²) in [5, 5.41) is 0. The van der Waals surface area contributed by atoms with Crippen LogP contribution >= 0.6 is 0 Å². The highest BCUT2D eigenvalue weighted by Crippen LogP contribution is 2.44. The predicted molar refractivity (Wildman–Crippen MR) is 151 cm³/mol. The van der Waals surface area contributed by atoms with Crippen LogP contribution in [0.1, 0.15) is 22.5 Å². The summed E-state index contributed by atoms with van der Waals surface area (Å²) in [6, 6.07) is 49.5. The molecule has 38 heavy (non-hydrogen) atoms. The second-order valence-corrected chi connectivity index (χ2v) is 9.14. The third kappa shape index (κ3) is 4.18. The number of benzene rings is 4. The number of aromatic nitrogens is 2. The molecule has 0 N–H and O–H groups in total. The summed E-state index contributed by atoms with van der Waals surface area (Å²) in [5.41, 5.74) is 5.80. The Morgan fingerprint density at radius 3 is 1.47 bits per heavy atom. The van der Waals surface area contributed by atoms with Crippen molar-refractivity contribution in [2.45, 2.75) is 5.41 Å². The second-order valence-electron chi connectivity index (χ2n) is 9.14. The summed E-state index contributed by atoms with van der Waals surface area (Å²) >= 11 is 0. The minimum absolute atomic E-state index is 0.300. The number of hydrogen-bond acceptors (Lipinski definition) is 2. The molecule has 0 aliphatic carbocycles. The molecule has 0 atom stereocenters. The van der Waals surface area contributed by atoms with E-state index in [4.69, 9.17) is 9.97 Å². The van der Waals surface area contributed by atoms with Gasteiger partial charge in [-0.3, -0.25) is 9.97 Å². The first-order chi connectivity index (χ1) is 18.8. The van der Waals surface area contributed by atoms with Crippen LogP contribution in [0.2, 0.25) is 0 Å². The van der Waals surface area contributed by atoms with Crippen molar-refractivity contribution in [2.24, 2.45) is 0 Å². The number of hydrogen-bond donors (Lipinski definition) is 0. The first-order valence-corrected chi connectivity index (χ1v) is 12.6. The molecule has 0 saturated heterocycles. The summed E-state index contributed by atoms with van der Waals surface area (Å²) < 4.78 is 14.9. The van der Waals surface area contributed by atoms with E-state index in [0.29, 0.717) is 11.3 Å². The van der Waals surface area contributed by atoms with Crippen LogP contribution < -0.4 is 0 Å². The summed E-state index contributed by atoms with van der Waals surface area (Å²) in [7, 11) is 0. The molecule has 6 rings (SSSR count). The number of nitrogens with zero attached hydrogens (tertiary/aromatic N) is 2. The molecule has 6 aromatic rings. The van der Waals surface area contributed by atoms with Crippen molar-refractivity contribution < 1.29 is 4.39 Å². The molecule has 182 valence electrons. The van der Waals surface area contributed by atoms with E-state index in [1.165, 1.54) is 6.07 Å². The fourth-order valence-corrected chi connectivity index (χ4v) is 5.14. The first-order valence-electron chi connectivity index (χ1n) is 12.6. The van der Waals surface area contributed by atoms with Crippen LogP contribution in [0.3, 0.4) is 0 Å². The molecule has 0 spiro atoms. The molecule has 0 aliphatic rings. The van der Waals surface area contributed by atoms with Gasteiger partial charge in [0.2, 0.25) is 0 Å². The van der Waals surface area contributed by atoms with Crippen LogP contribution in [0.4, 0.5) is 4.39 Å². The molecule has 0 saturated carbocycles. The van der Waals surface area contributed by atoms with Crippen molar-refractivity contribution in [3.05, 3.63) is 180 Å². The minimum atomic E-state index is -0.839. The molecular weight excluding hydrogens is 467 g/mol. The Kier molecular flexibility index (Phi) is 6.33. The zero-order chi connectivity index (χ0) is 25.8. The molecule has 0 amide bonds. The van der Waals surface area contributed by atoms with Crippen molar-refractivity contribution in [1.29, 1.82) is 0 Å². The molecular formula is C35H25FN2. The van der Waals surface area contributed by atoms with Crippen LogP contribution in [-0.4, -0.2) is 9.97 Å². The Bertz CT molecular complexity index is 1630. The van der Waals surface area contributed by atoms with Gasteiger partial charge in [0.25, 0.3) is 0 Å². The van der Waals surface area contributed by atoms with Gasteiger partial charge in [0.05, 0.1) is 22.8 Å². The van der Waals surface area contributed by atoms with E-state index < -0.39 is 5.41 Å². The summed E-state index contributed by atoms with van der Waals surface area (Å²) in [4.78, 5) is 10.4. The maximum atomic E-state index is 14.9. The second kappa shape index (κ2) is 10.2. The van der Waals surface area contributed by atoms with E-state index in [1.54, 1.807) is 12.1 Å². The predicted octanol–water partition coefficient (Wildman–Crippen LogP) is 8.33. The Balaban J connectivity index is 1.68. The lowest BCUT2D eigenvalue weighted by Gasteiger charge is -2.35. The van der Waals surface area contributed by atoms with Crippen LogP contribution in [0, 0.1) is 5.82 Å². The fourth-order valence-electron chi connectivity index (χ4n) is 5.14. The number of pyridine rings is 2. The van der Waals surface area contributed by atoms with Crippen molar-refractivity contribution in [2.75, 3.05) is 0 Å². The Hall–Kier alpha value is -4.89. The maximum Gasteiger partial charge on any atom is 0.132 e. The Morgan fingerprint density at radius 1 is 0.421 bits per heavy atom. The average molecular weight is 493 g/mol. The van der Waals surface area contributed by atoms with Gasteiger partial charge in [-0.15, -0.1) is 0 Å². The van der Waals surface area contributed by atoms with Gasteiger partial charge in [0.1, 0.15) is 11.2 Å². The zero-order valence-electron chi connectivity index (χ0n) is 20.7. The highest BCUT2D eigenvalue weighted by molar-refractivity contribution is 5.65. The van der Waals surface area contributed by atoms with E-state index in [0.717, 1.165) is 33.8 Å². The summed E-state index contributed by atoms with van der Waals surface area (Å²) in [6.45, 7) is 0. The molecule has 0 radical (unpaired) electrons. The van der Waals surface area contributed by atoms with Crippen molar-refractivity contribution in [1.82, 2.24) is 9.97 Å². The lowest BCUT2D eigenvalue weighted by atomic mass is 9.69. The third-order valence-corrected chi connectivity index (χ3v) is 6.90. The topological polar surface area (TPSA) is 25.8 Å². The molecule has 2 nitrogen and oxygen atoms in total. The quantitative estimate of drug-likeness (QED) is 0.234. The van der Waals surface area contributed by atoms with Crippen LogP contribution in [0.25, 0.3) is 22.5 Å². The molecule has 0 fully saturated rings. The molecule has 2 aromatic heterocycles. The van der Waals surface area contributed by atoms with E-state index in [1.807, 2.05) is 91.0 Å². The standard InChI is InChI=1S/C35H25FN2/c36-30-21-11-10-20-29(30)32-23-13-25-34(38-32)35(27-16-6-2-7-17-27,28-18-8-3-9-19-28)33-24-12-22-31(37-33)26-14-4-1-5-15-26/h1-25H. The van der Waals surface area contributed by atoms with Crippen LogP contribution in [0.15, 0.2) is 152 Å². The summed E-state index contributed by atoms with van der Waals surface area (Å²) in [6.07, 6.45) is 0. The molecule has 3 heteroatoms. The fraction of sp³-hybridized carbons (Fsp3) is 0.0286. The zero-order valence-corrected chi connectivity index (χ0v) is 20.7. The van der Waals surface area contributed by atoms with Crippen molar-refractivity contribution >= 4 is 0 Å². The van der Waals surface area contributed by atoms with Crippen LogP contribution in [-0.2, 0) is 5.41 Å². The van der Waals surface area contributed by atoms with E-state index in [-0.39, 0.29) is 5.82 Å². The van der Waals surface area contributed by atoms with Gasteiger partial charge in [0.15, 0.2) is 0 Å². The normalized spacial score (nSPS) is 11.3. The van der Waals surface area contributed by atoms with E-state index >= 15 is 0 Å². The van der Waals surface area contributed by atoms with Gasteiger partial charge in [0, 0.05) is 11.1 Å². The Labute approximate surface area is 222 Å². The van der Waals surface area contributed by atoms with E-state index in [2.05, 4.69) is 42.5 Å². The SMILES string of the molecule is Fc1ccccc1-c1cccc(C(c2ccccc2)(c2ccccc2)c2cccc(-c3ccccc3)n2)n1. The van der Waals surface area contributed by atoms with E-state index in [9.17, 15) is 4.39 Å². The van der Waals surface area contributed by atoms with Gasteiger partial charge in [-0.25, -0.2) is 4.39 Å². The third-order valence-electron chi connectivity index (χ3n) is 6.90. The molecule has 4 aromatic carbocycles. The highest BCUT2D eigenvalue weighted by Gasteiger charge is 2.41. The molecule has 0 unspecified atom stereocenters. The number of halogens is 1. The maximum absolute atomic E-state index is 14.9. The smallest absolute Gasteiger partial charge is 0.132 e. The monoisotopic (exact) mass is 492 g/mol. The first kappa shape index (κ1) is 23.5. The van der Waals surface area contributed by atoms with Crippen LogP contribution in [0.5, 0.6) is 0 Å². The van der Waals surface area contributed by atoms with Gasteiger partial charge in [-0.1, -0.05) is 115 Å². The summed E-state index contributed by atoms with van der Waals surface area (Å²) in [5.74, 6) is -0.300. The molecule has 0 bridgehead atoms. The lowest BCUT2D eigenvalue weighted by molar-refractivity contribution is 0.630. The van der Waals surface area contributed by atoms with Gasteiger partial charge < -0.3 is 0 Å². The van der Waals surface area contributed by atoms with Crippen molar-refractivity contribution in [3.63, 3.8) is 0 Å². The lowest BCUT2D eigenvalue weighted by Crippen LogP contribution is -2.33. The van der Waals surface area contributed by atoms with Gasteiger partial charge >= 0.3 is 0 Å². The molecule has 2 heterocycles. The van der Waals surface area contributed by atoms with Gasteiger partial charge in [-0.05, 0) is 47.5 Å². The average Bonchev–Trinajstić information content (AvgIpc) is 3.00. The van der Waals surface area contributed by atoms with Gasteiger partial charge in [-0.2, -0.15) is 0 Å².